The number of aryl methyl sites for hydroxylation is 1. The van der Waals surface area contributed by atoms with E-state index in [1.54, 1.807) is 4.57 Å². The molecule has 7 heteroatoms. The van der Waals surface area contributed by atoms with Gasteiger partial charge in [-0.15, -0.1) is 0 Å². The van der Waals surface area contributed by atoms with E-state index >= 15 is 0 Å². The third-order valence-electron chi connectivity index (χ3n) is 5.08. The summed E-state index contributed by atoms with van der Waals surface area (Å²) < 4.78 is 7.35. The van der Waals surface area contributed by atoms with E-state index in [9.17, 15) is 9.90 Å². The largest absolute Gasteiger partial charge is 0.491 e. The summed E-state index contributed by atoms with van der Waals surface area (Å²) in [5, 5.41) is 10.7. The highest BCUT2D eigenvalue weighted by Crippen LogP contribution is 2.36. The maximum absolute atomic E-state index is 12.1. The van der Waals surface area contributed by atoms with Gasteiger partial charge in [-0.05, 0) is 68.3 Å². The molecule has 2 aromatic carbocycles. The van der Waals surface area contributed by atoms with Gasteiger partial charge in [0.2, 0.25) is 0 Å². The van der Waals surface area contributed by atoms with Gasteiger partial charge in [0.05, 0.1) is 16.6 Å². The van der Waals surface area contributed by atoms with Crippen LogP contribution in [0.25, 0.3) is 28.0 Å². The molecule has 2 heterocycles. The van der Waals surface area contributed by atoms with Crippen LogP contribution in [0.15, 0.2) is 54.9 Å². The van der Waals surface area contributed by atoms with Gasteiger partial charge in [0.25, 0.3) is 0 Å². The highest BCUT2D eigenvalue weighted by Gasteiger charge is 2.23. The normalized spacial score (nSPS) is 11.3. The molecule has 164 valence electrons. The number of carbonyl (C=O) groups is 1. The Morgan fingerprint density at radius 2 is 1.81 bits per heavy atom. The molecule has 0 unspecified atom stereocenters. The van der Waals surface area contributed by atoms with Crippen LogP contribution in [-0.2, 0) is 6.42 Å². The number of halogens is 1. The second-order valence-electron chi connectivity index (χ2n) is 7.86. The van der Waals surface area contributed by atoms with E-state index in [2.05, 4.69) is 16.9 Å². The fourth-order valence-electron chi connectivity index (χ4n) is 3.72. The Hall–Kier alpha value is -3.38. The van der Waals surface area contributed by atoms with Crippen LogP contribution in [0, 0.1) is 0 Å². The Morgan fingerprint density at radius 3 is 2.41 bits per heavy atom. The van der Waals surface area contributed by atoms with Crippen LogP contribution >= 0.6 is 11.6 Å². The van der Waals surface area contributed by atoms with Crippen molar-refractivity contribution in [2.24, 2.45) is 0 Å². The standard InChI is InChI=1S/C25H24ClN3O3/c1-4-5-16-13-27-24(28-14-16)17-6-11-21-20(12-17)22(26)23(25(30)31)29(21)18-7-9-19(10-8-18)32-15(2)3/h6-15H,4-5H2,1-3H3,(H,30,31). The molecule has 0 saturated heterocycles. The van der Waals surface area contributed by atoms with Crippen molar-refractivity contribution in [1.29, 1.82) is 0 Å². The average Bonchev–Trinajstić information content (AvgIpc) is 3.07. The van der Waals surface area contributed by atoms with Crippen molar-refractivity contribution in [3.05, 3.63) is 71.1 Å². The van der Waals surface area contributed by atoms with Crippen LogP contribution in [0.5, 0.6) is 5.75 Å². The van der Waals surface area contributed by atoms with E-state index in [1.807, 2.05) is 68.7 Å². The summed E-state index contributed by atoms with van der Waals surface area (Å²) >= 11 is 6.57. The van der Waals surface area contributed by atoms with Gasteiger partial charge in [0, 0.05) is 29.0 Å². The van der Waals surface area contributed by atoms with E-state index in [-0.39, 0.29) is 16.8 Å². The first-order valence-electron chi connectivity index (χ1n) is 10.5. The number of benzene rings is 2. The molecular formula is C25H24ClN3O3. The maximum atomic E-state index is 12.1. The second-order valence-corrected chi connectivity index (χ2v) is 8.24. The second kappa shape index (κ2) is 9.01. The van der Waals surface area contributed by atoms with Gasteiger partial charge in [-0.1, -0.05) is 24.9 Å². The lowest BCUT2D eigenvalue weighted by Gasteiger charge is -2.12. The Morgan fingerprint density at radius 1 is 1.12 bits per heavy atom. The Kier molecular flexibility index (Phi) is 6.15. The highest BCUT2D eigenvalue weighted by atomic mass is 35.5. The highest BCUT2D eigenvalue weighted by molar-refractivity contribution is 6.38. The predicted octanol–water partition coefficient (Wildman–Crippen LogP) is 6.18. The number of aromatic carboxylic acids is 1. The number of rotatable bonds is 7. The third-order valence-corrected chi connectivity index (χ3v) is 5.46. The first-order chi connectivity index (χ1) is 15.4. The molecule has 0 aliphatic carbocycles. The fraction of sp³-hybridized carbons (Fsp3) is 0.240. The maximum Gasteiger partial charge on any atom is 0.354 e. The topological polar surface area (TPSA) is 77.2 Å². The van der Waals surface area contributed by atoms with Gasteiger partial charge in [-0.3, -0.25) is 0 Å². The van der Waals surface area contributed by atoms with Gasteiger partial charge in [0.1, 0.15) is 5.75 Å². The Labute approximate surface area is 191 Å². The average molecular weight is 450 g/mol. The molecule has 4 aromatic rings. The number of fused-ring (bicyclic) bond motifs is 1. The quantitative estimate of drug-likeness (QED) is 0.364. The van der Waals surface area contributed by atoms with Gasteiger partial charge < -0.3 is 14.4 Å². The number of ether oxygens (including phenoxy) is 1. The minimum Gasteiger partial charge on any atom is -0.491 e. The van der Waals surface area contributed by atoms with E-state index in [0.717, 1.165) is 24.0 Å². The third kappa shape index (κ3) is 4.18. The van der Waals surface area contributed by atoms with E-state index < -0.39 is 5.97 Å². The molecule has 0 bridgehead atoms. The minimum atomic E-state index is -1.10. The summed E-state index contributed by atoms with van der Waals surface area (Å²) in [4.78, 5) is 21.0. The monoisotopic (exact) mass is 449 g/mol. The smallest absolute Gasteiger partial charge is 0.354 e. The summed E-state index contributed by atoms with van der Waals surface area (Å²) in [5.41, 5.74) is 3.24. The lowest BCUT2D eigenvalue weighted by molar-refractivity contribution is 0.0689. The van der Waals surface area contributed by atoms with Crippen molar-refractivity contribution >= 4 is 28.5 Å². The molecule has 2 aromatic heterocycles. The van der Waals surface area contributed by atoms with Crippen molar-refractivity contribution in [3.63, 3.8) is 0 Å². The summed E-state index contributed by atoms with van der Waals surface area (Å²) in [6, 6.07) is 12.9. The number of nitrogens with zero attached hydrogens (tertiary/aromatic N) is 3. The van der Waals surface area contributed by atoms with Crippen molar-refractivity contribution in [1.82, 2.24) is 14.5 Å². The summed E-state index contributed by atoms with van der Waals surface area (Å²) in [7, 11) is 0. The SMILES string of the molecule is CCCc1cnc(-c2ccc3c(c2)c(Cl)c(C(=O)O)n3-c2ccc(OC(C)C)cc2)nc1. The molecule has 1 N–H and O–H groups in total. The van der Waals surface area contributed by atoms with Crippen LogP contribution in [0.3, 0.4) is 0 Å². The van der Waals surface area contributed by atoms with E-state index in [1.165, 1.54) is 0 Å². The molecule has 0 fully saturated rings. The lowest BCUT2D eigenvalue weighted by Crippen LogP contribution is -2.08. The molecule has 0 aliphatic rings. The number of hydrogen-bond acceptors (Lipinski definition) is 4. The zero-order chi connectivity index (χ0) is 22.8. The van der Waals surface area contributed by atoms with Gasteiger partial charge in [-0.25, -0.2) is 14.8 Å². The summed E-state index contributed by atoms with van der Waals surface area (Å²) in [6.07, 6.45) is 5.66. The van der Waals surface area contributed by atoms with Gasteiger partial charge in [-0.2, -0.15) is 0 Å². The minimum absolute atomic E-state index is 0.00977. The predicted molar refractivity (Wildman–Crippen MR) is 126 cm³/mol. The Balaban J connectivity index is 1.81. The molecule has 4 rings (SSSR count). The molecule has 0 atom stereocenters. The Bertz CT molecular complexity index is 1260. The van der Waals surface area contributed by atoms with E-state index in [4.69, 9.17) is 16.3 Å². The van der Waals surface area contributed by atoms with Crippen molar-refractivity contribution < 1.29 is 14.6 Å². The van der Waals surface area contributed by atoms with Crippen molar-refractivity contribution in [2.45, 2.75) is 39.7 Å². The van der Waals surface area contributed by atoms with Crippen molar-refractivity contribution in [3.8, 4) is 22.8 Å². The zero-order valence-corrected chi connectivity index (χ0v) is 18.9. The molecule has 0 amide bonds. The number of carboxylic acids is 1. The molecular weight excluding hydrogens is 426 g/mol. The van der Waals surface area contributed by atoms with Crippen LogP contribution in [0.4, 0.5) is 0 Å². The van der Waals surface area contributed by atoms with Gasteiger partial charge in [0.15, 0.2) is 11.5 Å². The number of hydrogen-bond donors (Lipinski definition) is 1. The van der Waals surface area contributed by atoms with Crippen LogP contribution < -0.4 is 4.74 Å². The molecule has 0 radical (unpaired) electrons. The zero-order valence-electron chi connectivity index (χ0n) is 18.2. The van der Waals surface area contributed by atoms with Crippen LogP contribution in [-0.4, -0.2) is 31.7 Å². The first kappa shape index (κ1) is 21.8. The molecule has 0 aliphatic heterocycles. The van der Waals surface area contributed by atoms with Crippen LogP contribution in [0.2, 0.25) is 5.02 Å². The van der Waals surface area contributed by atoms with Crippen LogP contribution in [0.1, 0.15) is 43.2 Å². The number of aromatic nitrogens is 3. The first-order valence-corrected chi connectivity index (χ1v) is 10.9. The molecule has 32 heavy (non-hydrogen) atoms. The lowest BCUT2D eigenvalue weighted by atomic mass is 10.1. The molecule has 6 nitrogen and oxygen atoms in total. The van der Waals surface area contributed by atoms with Gasteiger partial charge >= 0.3 is 5.97 Å². The molecule has 0 spiro atoms. The summed E-state index contributed by atoms with van der Waals surface area (Å²) in [6.45, 7) is 6.02. The fourth-order valence-corrected chi connectivity index (χ4v) is 4.03. The number of carboxylic acid groups (broad SMARTS) is 1. The molecule has 0 saturated carbocycles. The van der Waals surface area contributed by atoms with Crippen molar-refractivity contribution in [2.75, 3.05) is 0 Å². The van der Waals surface area contributed by atoms with E-state index in [0.29, 0.717) is 28.2 Å². The summed E-state index contributed by atoms with van der Waals surface area (Å²) in [5.74, 6) is 0.187.